The average molecular weight is 271 g/mol. The van der Waals surface area contributed by atoms with E-state index >= 15 is 0 Å². The fourth-order valence-corrected chi connectivity index (χ4v) is 4.05. The van der Waals surface area contributed by atoms with E-state index in [1.54, 1.807) is 11.1 Å². The van der Waals surface area contributed by atoms with E-state index in [2.05, 4.69) is 43.6 Å². The van der Waals surface area contributed by atoms with Crippen LogP contribution >= 0.6 is 0 Å². The van der Waals surface area contributed by atoms with Crippen LogP contribution in [0.1, 0.15) is 43.7 Å². The molecule has 2 heteroatoms. The molecule has 0 fully saturated rings. The van der Waals surface area contributed by atoms with Gasteiger partial charge in [-0.2, -0.15) is 0 Å². The van der Waals surface area contributed by atoms with E-state index in [1.807, 2.05) is 0 Å². The van der Waals surface area contributed by atoms with Crippen molar-refractivity contribution in [3.63, 3.8) is 0 Å². The van der Waals surface area contributed by atoms with Gasteiger partial charge in [0.15, 0.2) is 0 Å². The maximum absolute atomic E-state index is 5.91. The summed E-state index contributed by atoms with van der Waals surface area (Å²) < 4.78 is 5.91. The Morgan fingerprint density at radius 2 is 2.00 bits per heavy atom. The summed E-state index contributed by atoms with van der Waals surface area (Å²) in [4.78, 5) is 0. The Hall–Kier alpha value is -1.12. The summed E-state index contributed by atoms with van der Waals surface area (Å²) in [7, 11) is 2.05. The van der Waals surface area contributed by atoms with Crippen molar-refractivity contribution >= 4 is 5.57 Å². The van der Waals surface area contributed by atoms with Crippen LogP contribution in [-0.4, -0.2) is 26.8 Å². The van der Waals surface area contributed by atoms with Crippen LogP contribution in [0, 0.1) is 0 Å². The molecule has 1 N–H and O–H groups in total. The molecule has 2 aliphatic carbocycles. The van der Waals surface area contributed by atoms with Crippen LogP contribution in [0.25, 0.3) is 5.57 Å². The summed E-state index contributed by atoms with van der Waals surface area (Å²) in [6.45, 7) is 4.66. The van der Waals surface area contributed by atoms with Crippen molar-refractivity contribution in [2.75, 3.05) is 26.8 Å². The number of benzene rings is 1. The monoisotopic (exact) mass is 271 g/mol. The van der Waals surface area contributed by atoms with Crippen LogP contribution in [-0.2, 0) is 10.2 Å². The van der Waals surface area contributed by atoms with Crippen molar-refractivity contribution < 1.29 is 4.74 Å². The molecular weight excluding hydrogens is 246 g/mol. The minimum Gasteiger partial charge on any atom is -0.380 e. The number of rotatable bonds is 5. The van der Waals surface area contributed by atoms with Gasteiger partial charge in [0.1, 0.15) is 0 Å². The van der Waals surface area contributed by atoms with Crippen LogP contribution in [0.15, 0.2) is 29.8 Å². The molecule has 0 saturated carbocycles. The number of nitrogens with one attached hydrogen (secondary N) is 1. The molecule has 0 amide bonds. The molecule has 0 saturated heterocycles. The quantitative estimate of drug-likeness (QED) is 0.884. The molecule has 3 rings (SSSR count). The third-order valence-electron chi connectivity index (χ3n) is 4.84. The fourth-order valence-electron chi connectivity index (χ4n) is 4.05. The van der Waals surface area contributed by atoms with E-state index in [0.717, 1.165) is 19.8 Å². The predicted molar refractivity (Wildman–Crippen MR) is 83.9 cm³/mol. The average Bonchev–Trinajstić information content (AvgIpc) is 2.78. The third kappa shape index (κ3) is 2.02. The summed E-state index contributed by atoms with van der Waals surface area (Å²) in [5.74, 6) is 0. The first-order valence-electron chi connectivity index (χ1n) is 7.88. The van der Waals surface area contributed by atoms with Crippen molar-refractivity contribution in [3.8, 4) is 0 Å². The molecule has 1 aromatic carbocycles. The van der Waals surface area contributed by atoms with Crippen molar-refractivity contribution in [2.24, 2.45) is 0 Å². The first-order valence-corrected chi connectivity index (χ1v) is 7.88. The highest BCUT2D eigenvalue weighted by Crippen LogP contribution is 2.51. The highest BCUT2D eigenvalue weighted by Gasteiger charge is 2.44. The molecule has 1 atom stereocenters. The number of hydrogen-bond acceptors (Lipinski definition) is 2. The zero-order valence-electron chi connectivity index (χ0n) is 12.7. The summed E-state index contributed by atoms with van der Waals surface area (Å²) in [5.41, 5.74) is 6.29. The van der Waals surface area contributed by atoms with E-state index in [1.165, 1.54) is 36.8 Å². The van der Waals surface area contributed by atoms with Gasteiger partial charge in [-0.05, 0) is 56.4 Å². The summed E-state index contributed by atoms with van der Waals surface area (Å²) in [6.07, 6.45) is 5.13. The van der Waals surface area contributed by atoms with Gasteiger partial charge in [0, 0.05) is 13.2 Å². The number of likely N-dealkylation sites (N-methyl/N-ethyl adjacent to an activating group) is 1. The van der Waals surface area contributed by atoms with Gasteiger partial charge in [-0.25, -0.2) is 0 Å². The third-order valence-corrected chi connectivity index (χ3v) is 4.84. The second-order valence-electron chi connectivity index (χ2n) is 5.96. The molecule has 0 spiro atoms. The molecule has 1 aromatic rings. The van der Waals surface area contributed by atoms with Gasteiger partial charge in [-0.3, -0.25) is 0 Å². The lowest BCUT2D eigenvalue weighted by Crippen LogP contribution is -2.41. The lowest BCUT2D eigenvalue weighted by molar-refractivity contribution is 0.105. The highest BCUT2D eigenvalue weighted by molar-refractivity contribution is 5.81. The smallest absolute Gasteiger partial charge is 0.0613 e. The van der Waals surface area contributed by atoms with E-state index in [9.17, 15) is 0 Å². The largest absolute Gasteiger partial charge is 0.380 e. The van der Waals surface area contributed by atoms with Crippen molar-refractivity contribution in [2.45, 2.75) is 38.0 Å². The Labute approximate surface area is 122 Å². The Kier molecular flexibility index (Phi) is 3.95. The summed E-state index contributed by atoms with van der Waals surface area (Å²) >= 11 is 0. The number of allylic oxidation sites excluding steroid dienone is 1. The maximum atomic E-state index is 5.91. The van der Waals surface area contributed by atoms with Crippen LogP contribution in [0.2, 0.25) is 0 Å². The molecule has 0 heterocycles. The second-order valence-corrected chi connectivity index (χ2v) is 5.96. The molecule has 20 heavy (non-hydrogen) atoms. The minimum absolute atomic E-state index is 0.0666. The SMILES string of the molecule is CCOCC1(CNC)C2=C(CCCC2)c2ccccc21. The lowest BCUT2D eigenvalue weighted by atomic mass is 9.74. The fraction of sp³-hybridized carbons (Fsp3) is 0.556. The molecular formula is C18H25NO. The zero-order valence-corrected chi connectivity index (χ0v) is 12.7. The van der Waals surface area contributed by atoms with E-state index in [4.69, 9.17) is 4.74 Å². The summed E-state index contributed by atoms with van der Waals surface area (Å²) in [5, 5.41) is 3.42. The van der Waals surface area contributed by atoms with Gasteiger partial charge in [-0.1, -0.05) is 29.8 Å². The van der Waals surface area contributed by atoms with Gasteiger partial charge < -0.3 is 10.1 Å². The van der Waals surface area contributed by atoms with Gasteiger partial charge >= 0.3 is 0 Å². The zero-order chi connectivity index (χ0) is 14.0. The van der Waals surface area contributed by atoms with Gasteiger partial charge in [0.05, 0.1) is 12.0 Å². The maximum Gasteiger partial charge on any atom is 0.0613 e. The van der Waals surface area contributed by atoms with Crippen molar-refractivity contribution in [3.05, 3.63) is 41.0 Å². The van der Waals surface area contributed by atoms with Crippen molar-refractivity contribution in [1.82, 2.24) is 5.32 Å². The summed E-state index contributed by atoms with van der Waals surface area (Å²) in [6, 6.07) is 8.96. The van der Waals surface area contributed by atoms with Crippen LogP contribution < -0.4 is 5.32 Å². The Bertz CT molecular complexity index is 520. The van der Waals surface area contributed by atoms with E-state index < -0.39 is 0 Å². The standard InChI is InChI=1S/C18H25NO/c1-3-20-13-18(12-19-2)16-10-6-4-8-14(16)15-9-5-7-11-17(15)18/h4,6,8,10,19H,3,5,7,9,11-13H2,1-2H3. The predicted octanol–water partition coefficient (Wildman–Crippen LogP) is 3.52. The topological polar surface area (TPSA) is 21.3 Å². The van der Waals surface area contributed by atoms with Gasteiger partial charge in [0.2, 0.25) is 0 Å². The molecule has 108 valence electrons. The first-order chi connectivity index (χ1) is 9.83. The molecule has 1 unspecified atom stereocenters. The minimum atomic E-state index is 0.0666. The van der Waals surface area contributed by atoms with Gasteiger partial charge in [-0.15, -0.1) is 0 Å². The van der Waals surface area contributed by atoms with E-state index in [-0.39, 0.29) is 5.41 Å². The van der Waals surface area contributed by atoms with Crippen LogP contribution in [0.4, 0.5) is 0 Å². The Morgan fingerprint density at radius 3 is 2.80 bits per heavy atom. The molecule has 2 aliphatic rings. The number of hydrogen-bond donors (Lipinski definition) is 1. The lowest BCUT2D eigenvalue weighted by Gasteiger charge is -2.35. The van der Waals surface area contributed by atoms with Crippen LogP contribution in [0.5, 0.6) is 0 Å². The van der Waals surface area contributed by atoms with Gasteiger partial charge in [0.25, 0.3) is 0 Å². The number of ether oxygens (including phenoxy) is 1. The highest BCUT2D eigenvalue weighted by atomic mass is 16.5. The first kappa shape index (κ1) is 13.8. The van der Waals surface area contributed by atoms with Crippen LogP contribution in [0.3, 0.4) is 0 Å². The molecule has 0 aromatic heterocycles. The van der Waals surface area contributed by atoms with Crippen molar-refractivity contribution in [1.29, 1.82) is 0 Å². The number of fused-ring (bicyclic) bond motifs is 2. The Balaban J connectivity index is 2.12. The van der Waals surface area contributed by atoms with E-state index in [0.29, 0.717) is 0 Å². The molecule has 2 nitrogen and oxygen atoms in total. The second kappa shape index (κ2) is 5.71. The molecule has 0 radical (unpaired) electrons. The normalized spacial score (nSPS) is 24.7. The molecule has 0 aliphatic heterocycles. The molecule has 0 bridgehead atoms. The Morgan fingerprint density at radius 1 is 1.20 bits per heavy atom.